The summed E-state index contributed by atoms with van der Waals surface area (Å²) in [7, 11) is 1.87. The van der Waals surface area contributed by atoms with Crippen LogP contribution in [0.4, 0.5) is 5.82 Å². The molecule has 0 aliphatic carbocycles. The molecule has 0 unspecified atom stereocenters. The molecule has 90 valence electrons. The van der Waals surface area contributed by atoms with Crippen LogP contribution in [0.1, 0.15) is 12.5 Å². The van der Waals surface area contributed by atoms with Gasteiger partial charge in [-0.2, -0.15) is 5.10 Å². The Labute approximate surface area is 117 Å². The lowest BCUT2D eigenvalue weighted by atomic mass is 10.1. The van der Waals surface area contributed by atoms with Crippen molar-refractivity contribution in [3.05, 3.63) is 32.7 Å². The number of nitrogens with two attached hydrogens (primary N) is 1. The number of nitrogen functional groups attached to an aromatic ring is 1. The van der Waals surface area contributed by atoms with Crippen LogP contribution in [0.25, 0.3) is 11.3 Å². The second-order valence-corrected chi connectivity index (χ2v) is 5.58. The predicted octanol–water partition coefficient (Wildman–Crippen LogP) is 3.76. The van der Waals surface area contributed by atoms with Crippen LogP contribution in [-0.4, -0.2) is 9.78 Å². The highest BCUT2D eigenvalue weighted by atomic mass is 79.9. The van der Waals surface area contributed by atoms with Crippen molar-refractivity contribution in [1.82, 2.24) is 9.78 Å². The molecular formula is C12H13Br2N3. The Bertz CT molecular complexity index is 561. The van der Waals surface area contributed by atoms with E-state index in [0.717, 1.165) is 38.0 Å². The van der Waals surface area contributed by atoms with Crippen LogP contribution in [0.15, 0.2) is 27.1 Å². The van der Waals surface area contributed by atoms with E-state index in [1.165, 1.54) is 0 Å². The van der Waals surface area contributed by atoms with Crippen LogP contribution < -0.4 is 5.73 Å². The summed E-state index contributed by atoms with van der Waals surface area (Å²) in [5.74, 6) is 0.734. The van der Waals surface area contributed by atoms with E-state index in [0.29, 0.717) is 0 Å². The minimum atomic E-state index is 0.734. The molecule has 1 aromatic heterocycles. The lowest BCUT2D eigenvalue weighted by Crippen LogP contribution is -1.98. The number of rotatable bonds is 2. The molecule has 1 aromatic carbocycles. The molecule has 1 heterocycles. The summed E-state index contributed by atoms with van der Waals surface area (Å²) in [5, 5.41) is 4.49. The van der Waals surface area contributed by atoms with Crippen molar-refractivity contribution < 1.29 is 0 Å². The van der Waals surface area contributed by atoms with Gasteiger partial charge in [0.2, 0.25) is 0 Å². The fourth-order valence-electron chi connectivity index (χ4n) is 1.83. The van der Waals surface area contributed by atoms with Gasteiger partial charge in [-0.25, -0.2) is 0 Å². The van der Waals surface area contributed by atoms with E-state index in [-0.39, 0.29) is 0 Å². The van der Waals surface area contributed by atoms with Gasteiger partial charge in [0.1, 0.15) is 5.82 Å². The summed E-state index contributed by atoms with van der Waals surface area (Å²) in [6.07, 6.45) is 0.873. The maximum absolute atomic E-state index is 6.01. The van der Waals surface area contributed by atoms with E-state index in [4.69, 9.17) is 5.73 Å². The number of anilines is 1. The lowest BCUT2D eigenvalue weighted by molar-refractivity contribution is 0.781. The summed E-state index contributed by atoms with van der Waals surface area (Å²) < 4.78 is 3.78. The highest BCUT2D eigenvalue weighted by Gasteiger charge is 2.15. The molecule has 2 aromatic rings. The first kappa shape index (κ1) is 12.6. The van der Waals surface area contributed by atoms with Gasteiger partial charge in [-0.1, -0.05) is 44.8 Å². The molecule has 0 bridgehead atoms. The third-order valence-corrected chi connectivity index (χ3v) is 3.88. The molecular weight excluding hydrogens is 346 g/mol. The van der Waals surface area contributed by atoms with Crippen LogP contribution in [-0.2, 0) is 13.5 Å². The summed E-state index contributed by atoms with van der Waals surface area (Å²) in [4.78, 5) is 0. The van der Waals surface area contributed by atoms with Crippen LogP contribution in [0.2, 0.25) is 0 Å². The van der Waals surface area contributed by atoms with Crippen LogP contribution in [0.5, 0.6) is 0 Å². The molecule has 0 radical (unpaired) electrons. The van der Waals surface area contributed by atoms with E-state index in [1.807, 2.05) is 25.2 Å². The Morgan fingerprint density at radius 2 is 2.06 bits per heavy atom. The minimum Gasteiger partial charge on any atom is -0.384 e. The normalized spacial score (nSPS) is 10.8. The molecule has 0 aliphatic heterocycles. The molecule has 0 atom stereocenters. The molecule has 0 fully saturated rings. The molecule has 2 N–H and O–H groups in total. The third-order valence-electron chi connectivity index (χ3n) is 2.73. The molecule has 0 spiro atoms. The molecule has 0 aliphatic rings. The maximum Gasteiger partial charge on any atom is 0.125 e. The smallest absolute Gasteiger partial charge is 0.125 e. The molecule has 5 heteroatoms. The van der Waals surface area contributed by atoms with Crippen molar-refractivity contribution in [2.75, 3.05) is 5.73 Å². The van der Waals surface area contributed by atoms with Gasteiger partial charge in [-0.3, -0.25) is 4.68 Å². The van der Waals surface area contributed by atoms with Gasteiger partial charge in [0.05, 0.1) is 5.69 Å². The van der Waals surface area contributed by atoms with Crippen LogP contribution in [0.3, 0.4) is 0 Å². The van der Waals surface area contributed by atoms with Crippen molar-refractivity contribution in [2.45, 2.75) is 13.3 Å². The maximum atomic E-state index is 6.01. The first-order valence-corrected chi connectivity index (χ1v) is 6.90. The number of nitrogens with zero attached hydrogens (tertiary/aromatic N) is 2. The van der Waals surface area contributed by atoms with E-state index in [9.17, 15) is 0 Å². The average Bonchev–Trinajstić information content (AvgIpc) is 2.55. The zero-order valence-corrected chi connectivity index (χ0v) is 12.8. The quantitative estimate of drug-likeness (QED) is 0.888. The van der Waals surface area contributed by atoms with Crippen molar-refractivity contribution in [2.24, 2.45) is 7.05 Å². The van der Waals surface area contributed by atoms with Gasteiger partial charge < -0.3 is 5.73 Å². The van der Waals surface area contributed by atoms with Gasteiger partial charge in [0.25, 0.3) is 0 Å². The lowest BCUT2D eigenvalue weighted by Gasteiger charge is -2.04. The fraction of sp³-hybridized carbons (Fsp3) is 0.250. The Morgan fingerprint density at radius 1 is 1.35 bits per heavy atom. The first-order chi connectivity index (χ1) is 8.04. The summed E-state index contributed by atoms with van der Waals surface area (Å²) in [6.45, 7) is 2.09. The van der Waals surface area contributed by atoms with Crippen LogP contribution >= 0.6 is 31.9 Å². The highest BCUT2D eigenvalue weighted by Crippen LogP contribution is 2.34. The van der Waals surface area contributed by atoms with Gasteiger partial charge >= 0.3 is 0 Å². The molecule has 0 saturated carbocycles. The van der Waals surface area contributed by atoms with Crippen molar-refractivity contribution >= 4 is 37.7 Å². The molecule has 0 amide bonds. The number of hydrogen-bond acceptors (Lipinski definition) is 2. The van der Waals surface area contributed by atoms with E-state index >= 15 is 0 Å². The summed E-state index contributed by atoms with van der Waals surface area (Å²) >= 11 is 7.00. The molecule has 2 rings (SSSR count). The van der Waals surface area contributed by atoms with Crippen molar-refractivity contribution in [1.29, 1.82) is 0 Å². The van der Waals surface area contributed by atoms with Gasteiger partial charge in [-0.05, 0) is 18.6 Å². The Hall–Kier alpha value is -0.810. The third kappa shape index (κ3) is 2.26. The second-order valence-electron chi connectivity index (χ2n) is 3.81. The number of hydrogen-bond donors (Lipinski definition) is 1. The summed E-state index contributed by atoms with van der Waals surface area (Å²) in [6, 6.07) is 6.05. The average molecular weight is 359 g/mol. The van der Waals surface area contributed by atoms with Crippen molar-refractivity contribution in [3.8, 4) is 11.3 Å². The number of halogens is 2. The Morgan fingerprint density at radius 3 is 2.65 bits per heavy atom. The largest absolute Gasteiger partial charge is 0.384 e. The first-order valence-electron chi connectivity index (χ1n) is 5.31. The molecule has 3 nitrogen and oxygen atoms in total. The fourth-order valence-corrected chi connectivity index (χ4v) is 3.06. The van der Waals surface area contributed by atoms with E-state index < -0.39 is 0 Å². The van der Waals surface area contributed by atoms with Gasteiger partial charge in [0, 0.05) is 27.1 Å². The highest BCUT2D eigenvalue weighted by molar-refractivity contribution is 9.11. The SMILES string of the molecule is CCc1c(-c2ccc(Br)cc2Br)nn(C)c1N. The van der Waals surface area contributed by atoms with Gasteiger partial charge in [-0.15, -0.1) is 0 Å². The summed E-state index contributed by atoms with van der Waals surface area (Å²) in [5.41, 5.74) is 9.12. The van der Waals surface area contributed by atoms with Crippen LogP contribution in [0, 0.1) is 0 Å². The standard InChI is InChI=1S/C12H13Br2N3/c1-3-8-11(16-17(2)12(8)15)9-5-4-7(13)6-10(9)14/h4-6H,3,15H2,1-2H3. The monoisotopic (exact) mass is 357 g/mol. The predicted molar refractivity (Wildman–Crippen MR) is 77.8 cm³/mol. The Balaban J connectivity index is 2.64. The number of benzene rings is 1. The van der Waals surface area contributed by atoms with Gasteiger partial charge in [0.15, 0.2) is 0 Å². The van der Waals surface area contributed by atoms with Crippen molar-refractivity contribution in [3.63, 3.8) is 0 Å². The minimum absolute atomic E-state index is 0.734. The second kappa shape index (κ2) is 4.82. The number of aromatic nitrogens is 2. The van der Waals surface area contributed by atoms with E-state index in [2.05, 4.69) is 43.9 Å². The van der Waals surface area contributed by atoms with E-state index in [1.54, 1.807) is 4.68 Å². The number of aryl methyl sites for hydroxylation is 1. The molecule has 0 saturated heterocycles. The topological polar surface area (TPSA) is 43.8 Å². The zero-order valence-electron chi connectivity index (χ0n) is 9.67. The zero-order chi connectivity index (χ0) is 12.6. The Kier molecular flexibility index (Phi) is 3.58. The molecule has 17 heavy (non-hydrogen) atoms.